The Morgan fingerprint density at radius 1 is 0.805 bits per heavy atom. The van der Waals surface area contributed by atoms with Crippen molar-refractivity contribution in [3.8, 4) is 0 Å². The minimum Gasteiger partial charge on any atom is -0.459 e. The second-order valence-electron chi connectivity index (χ2n) is 12.3. The van der Waals surface area contributed by atoms with E-state index in [1.165, 1.54) is 83.5 Å². The number of hydrogen-bond acceptors (Lipinski definition) is 5. The Morgan fingerprint density at radius 2 is 1.32 bits per heavy atom. The van der Waals surface area contributed by atoms with Crippen LogP contribution in [-0.2, 0) is 19.1 Å². The number of nitrogens with one attached hydrogen (secondary N) is 1. The molecule has 0 radical (unpaired) electrons. The van der Waals surface area contributed by atoms with Crippen LogP contribution < -0.4 is 5.32 Å². The Morgan fingerprint density at radius 3 is 1.83 bits per heavy atom. The number of esters is 1. The number of rotatable bonds is 29. The van der Waals surface area contributed by atoms with Crippen LogP contribution in [0.15, 0.2) is 0 Å². The molecule has 0 fully saturated rings. The molecule has 0 saturated heterocycles. The lowest BCUT2D eigenvalue weighted by atomic mass is 10.0. The van der Waals surface area contributed by atoms with E-state index in [1.54, 1.807) is 16.7 Å². The van der Waals surface area contributed by atoms with Crippen molar-refractivity contribution in [3.63, 3.8) is 0 Å². The van der Waals surface area contributed by atoms with E-state index in [-0.39, 0.29) is 17.1 Å². The van der Waals surface area contributed by atoms with Crippen molar-refractivity contribution in [2.75, 3.05) is 29.8 Å². The lowest BCUT2D eigenvalue weighted by molar-refractivity contribution is -0.154. The highest BCUT2D eigenvalue weighted by Crippen LogP contribution is 2.24. The summed E-state index contributed by atoms with van der Waals surface area (Å²) in [5, 5.41) is 2.76. The fourth-order valence-electron chi connectivity index (χ4n) is 4.76. The zero-order valence-electron chi connectivity index (χ0n) is 27.0. The smallest absolute Gasteiger partial charge is 0.319 e. The summed E-state index contributed by atoms with van der Waals surface area (Å²) in [6.07, 6.45) is 24.5. The summed E-state index contributed by atoms with van der Waals surface area (Å²) in [5.41, 5.74) is -0.436. The normalized spacial score (nSPS) is 12.2. The summed E-state index contributed by atoms with van der Waals surface area (Å²) in [6.45, 7) is 9.96. The van der Waals surface area contributed by atoms with Gasteiger partial charge in [0, 0.05) is 19.6 Å². The standard InChI is InChI=1S/C33H63IN2O4S/c1-5-6-7-8-9-10-11-12-13-14-17-20-23-30(32(39)40-33(2,3)4)41-27-22-19-16-15-18-21-25-36(29-37)26-24-35-31(38)28-34/h29-30H,5-28H2,1-4H3,(H,35,38). The fourth-order valence-corrected chi connectivity index (χ4v) is 6.20. The molecule has 0 saturated carbocycles. The molecule has 0 heterocycles. The van der Waals surface area contributed by atoms with Gasteiger partial charge in [0.05, 0.1) is 4.43 Å². The quantitative estimate of drug-likeness (QED) is 0.0276. The number of amides is 2. The van der Waals surface area contributed by atoms with Crippen LogP contribution in [0.3, 0.4) is 0 Å². The van der Waals surface area contributed by atoms with Crippen LogP contribution in [0.4, 0.5) is 0 Å². The number of unbranched alkanes of at least 4 members (excludes halogenated alkanes) is 16. The molecular weight excluding hydrogens is 647 g/mol. The summed E-state index contributed by atoms with van der Waals surface area (Å²) < 4.78 is 6.18. The summed E-state index contributed by atoms with van der Waals surface area (Å²) in [7, 11) is 0. The zero-order valence-corrected chi connectivity index (χ0v) is 30.0. The molecule has 6 nitrogen and oxygen atoms in total. The third kappa shape index (κ3) is 28.0. The lowest BCUT2D eigenvalue weighted by Crippen LogP contribution is -2.35. The SMILES string of the molecule is CCCCCCCCCCCCCCC(SCCCCCCCCN(C=O)CCNC(=O)CI)C(=O)OC(C)(C)C. The van der Waals surface area contributed by atoms with Crippen molar-refractivity contribution < 1.29 is 19.1 Å². The third-order valence-corrected chi connectivity index (χ3v) is 9.19. The van der Waals surface area contributed by atoms with Crippen LogP contribution in [0.1, 0.15) is 150 Å². The largest absolute Gasteiger partial charge is 0.459 e. The van der Waals surface area contributed by atoms with E-state index in [0.717, 1.165) is 57.2 Å². The number of alkyl halides is 1. The highest BCUT2D eigenvalue weighted by molar-refractivity contribution is 14.1. The van der Waals surface area contributed by atoms with Crippen LogP contribution in [-0.4, -0.2) is 63.9 Å². The van der Waals surface area contributed by atoms with Crippen molar-refractivity contribution in [3.05, 3.63) is 0 Å². The second-order valence-corrected chi connectivity index (χ2v) is 14.4. The van der Waals surface area contributed by atoms with Crippen LogP contribution in [0.2, 0.25) is 0 Å². The second kappa shape index (κ2) is 28.3. The topological polar surface area (TPSA) is 75.7 Å². The average molecular weight is 711 g/mol. The highest BCUT2D eigenvalue weighted by atomic mass is 127. The van der Waals surface area contributed by atoms with Gasteiger partial charge in [0.2, 0.25) is 12.3 Å². The number of carbonyl (C=O) groups is 3. The van der Waals surface area contributed by atoms with Gasteiger partial charge in [-0.05, 0) is 45.8 Å². The molecule has 0 aromatic rings. The summed E-state index contributed by atoms with van der Waals surface area (Å²) in [6, 6.07) is 0. The molecule has 242 valence electrons. The molecule has 1 atom stereocenters. The Balaban J connectivity index is 4.01. The Hall–Kier alpha value is -0.510. The van der Waals surface area contributed by atoms with E-state index >= 15 is 0 Å². The number of halogens is 1. The minimum absolute atomic E-state index is 0.0105. The number of hydrogen-bond donors (Lipinski definition) is 1. The molecule has 0 rings (SSSR count). The predicted molar refractivity (Wildman–Crippen MR) is 185 cm³/mol. The summed E-state index contributed by atoms with van der Waals surface area (Å²) in [4.78, 5) is 37.1. The maximum Gasteiger partial charge on any atom is 0.319 e. The molecule has 0 bridgehead atoms. The van der Waals surface area contributed by atoms with Crippen LogP contribution in [0.5, 0.6) is 0 Å². The molecular formula is C33H63IN2O4S. The first kappa shape index (κ1) is 40.5. The molecule has 2 amide bonds. The van der Waals surface area contributed by atoms with E-state index in [0.29, 0.717) is 17.5 Å². The van der Waals surface area contributed by atoms with Crippen LogP contribution >= 0.6 is 34.4 Å². The van der Waals surface area contributed by atoms with E-state index in [1.807, 2.05) is 43.4 Å². The first-order valence-corrected chi connectivity index (χ1v) is 19.2. The first-order valence-electron chi connectivity index (χ1n) is 16.6. The van der Waals surface area contributed by atoms with E-state index in [2.05, 4.69) is 12.2 Å². The monoisotopic (exact) mass is 710 g/mol. The number of carbonyl (C=O) groups excluding carboxylic acids is 3. The fraction of sp³-hybridized carbons (Fsp3) is 0.909. The number of thioether (sulfide) groups is 1. The van der Waals surface area contributed by atoms with Gasteiger partial charge in [0.25, 0.3) is 0 Å². The van der Waals surface area contributed by atoms with E-state index in [9.17, 15) is 14.4 Å². The maximum atomic E-state index is 12.8. The van der Waals surface area contributed by atoms with Crippen LogP contribution in [0, 0.1) is 0 Å². The summed E-state index contributed by atoms with van der Waals surface area (Å²) in [5.74, 6) is 0.972. The van der Waals surface area contributed by atoms with Gasteiger partial charge in [-0.3, -0.25) is 14.4 Å². The van der Waals surface area contributed by atoms with Crippen molar-refractivity contribution in [2.45, 2.75) is 161 Å². The maximum absolute atomic E-state index is 12.8. The van der Waals surface area contributed by atoms with Crippen molar-refractivity contribution in [1.29, 1.82) is 0 Å². The van der Waals surface area contributed by atoms with Gasteiger partial charge in [-0.25, -0.2) is 0 Å². The van der Waals surface area contributed by atoms with Gasteiger partial charge in [-0.2, -0.15) is 0 Å². The average Bonchev–Trinajstić information content (AvgIpc) is 2.93. The van der Waals surface area contributed by atoms with Crippen LogP contribution in [0.25, 0.3) is 0 Å². The highest BCUT2D eigenvalue weighted by Gasteiger charge is 2.25. The van der Waals surface area contributed by atoms with Crippen molar-refractivity contribution in [1.82, 2.24) is 10.2 Å². The lowest BCUT2D eigenvalue weighted by Gasteiger charge is -2.24. The molecule has 1 unspecified atom stereocenters. The molecule has 0 aromatic heterocycles. The molecule has 0 aliphatic rings. The molecule has 8 heteroatoms. The van der Waals surface area contributed by atoms with Crippen molar-refractivity contribution in [2.24, 2.45) is 0 Å². The van der Waals surface area contributed by atoms with E-state index in [4.69, 9.17) is 4.74 Å². The third-order valence-electron chi connectivity index (χ3n) is 7.14. The van der Waals surface area contributed by atoms with Crippen molar-refractivity contribution >= 4 is 52.6 Å². The van der Waals surface area contributed by atoms with Gasteiger partial charge < -0.3 is 15.0 Å². The first-order chi connectivity index (χ1) is 19.7. The molecule has 0 aliphatic heterocycles. The van der Waals surface area contributed by atoms with Gasteiger partial charge >= 0.3 is 5.97 Å². The van der Waals surface area contributed by atoms with Gasteiger partial charge in [0.1, 0.15) is 10.9 Å². The number of nitrogens with zero attached hydrogens (tertiary/aromatic N) is 1. The Kier molecular flexibility index (Phi) is 27.9. The van der Waals surface area contributed by atoms with E-state index < -0.39 is 5.60 Å². The zero-order chi connectivity index (χ0) is 30.6. The van der Waals surface area contributed by atoms with Gasteiger partial charge in [-0.1, -0.05) is 132 Å². The van der Waals surface area contributed by atoms with Gasteiger partial charge in [0.15, 0.2) is 0 Å². The Bertz CT molecular complexity index is 645. The molecule has 0 aliphatic carbocycles. The molecule has 1 N–H and O–H groups in total. The Labute approximate surface area is 271 Å². The predicted octanol–water partition coefficient (Wildman–Crippen LogP) is 8.87. The number of ether oxygens (including phenoxy) is 1. The molecule has 41 heavy (non-hydrogen) atoms. The molecule has 0 spiro atoms. The van der Waals surface area contributed by atoms with Gasteiger partial charge in [-0.15, -0.1) is 11.8 Å². The minimum atomic E-state index is -0.436. The molecule has 0 aromatic carbocycles. The summed E-state index contributed by atoms with van der Waals surface area (Å²) >= 11 is 3.82.